The van der Waals surface area contributed by atoms with E-state index in [2.05, 4.69) is 13.8 Å². The first-order valence-electron chi connectivity index (χ1n) is 3.12. The van der Waals surface area contributed by atoms with Gasteiger partial charge < -0.3 is 5.11 Å². The van der Waals surface area contributed by atoms with Gasteiger partial charge in [-0.05, 0) is 18.4 Å². The van der Waals surface area contributed by atoms with E-state index in [-0.39, 0.29) is 6.61 Å². The van der Waals surface area contributed by atoms with Crippen molar-refractivity contribution in [2.45, 2.75) is 20.3 Å². The lowest BCUT2D eigenvalue weighted by molar-refractivity contribution is 0.342. The van der Waals surface area contributed by atoms with E-state index in [1.165, 1.54) is 0 Å². The Labute approximate surface area is 61.3 Å². The smallest absolute Gasteiger partial charge is 0.0626 e. The minimum absolute atomic E-state index is 0.0472. The Morgan fingerprint density at radius 2 is 2.22 bits per heavy atom. The Morgan fingerprint density at radius 1 is 1.67 bits per heavy atom. The quantitative estimate of drug-likeness (QED) is 0.651. The van der Waals surface area contributed by atoms with Crippen molar-refractivity contribution in [3.63, 3.8) is 0 Å². The summed E-state index contributed by atoms with van der Waals surface area (Å²) >= 11 is 5.68. The second kappa shape index (κ2) is 4.83. The van der Waals surface area contributed by atoms with Crippen molar-refractivity contribution < 1.29 is 5.11 Å². The first kappa shape index (κ1) is 8.99. The van der Waals surface area contributed by atoms with Gasteiger partial charge in [0, 0.05) is 5.03 Å². The fraction of sp³-hybridized carbons (Fsp3) is 0.714. The van der Waals surface area contributed by atoms with E-state index in [1.54, 1.807) is 6.08 Å². The third-order valence-corrected chi connectivity index (χ3v) is 1.22. The molecule has 0 rings (SSSR count). The van der Waals surface area contributed by atoms with E-state index in [0.717, 1.165) is 11.5 Å². The molecule has 0 aromatic carbocycles. The molecule has 0 radical (unpaired) electrons. The van der Waals surface area contributed by atoms with E-state index in [0.29, 0.717) is 5.92 Å². The predicted molar refractivity (Wildman–Crippen MR) is 40.5 cm³/mol. The Hall–Kier alpha value is -0.0100. The third kappa shape index (κ3) is 5.87. The number of hydrogen-bond donors (Lipinski definition) is 1. The fourth-order valence-electron chi connectivity index (χ4n) is 0.572. The third-order valence-electron chi connectivity index (χ3n) is 0.916. The van der Waals surface area contributed by atoms with Crippen molar-refractivity contribution >= 4 is 11.6 Å². The van der Waals surface area contributed by atoms with Gasteiger partial charge in [-0.1, -0.05) is 25.4 Å². The van der Waals surface area contributed by atoms with Gasteiger partial charge in [0.15, 0.2) is 0 Å². The molecule has 0 bridgehead atoms. The van der Waals surface area contributed by atoms with Crippen molar-refractivity contribution in [3.05, 3.63) is 11.1 Å². The van der Waals surface area contributed by atoms with Crippen LogP contribution in [0.2, 0.25) is 0 Å². The lowest BCUT2D eigenvalue weighted by atomic mass is 10.1. The summed E-state index contributed by atoms with van der Waals surface area (Å²) in [5.74, 6) is 0.570. The molecule has 0 amide bonds. The Kier molecular flexibility index (Phi) is 4.83. The van der Waals surface area contributed by atoms with Crippen LogP contribution in [0.1, 0.15) is 20.3 Å². The van der Waals surface area contributed by atoms with Gasteiger partial charge >= 0.3 is 0 Å². The molecule has 0 unspecified atom stereocenters. The fourth-order valence-corrected chi connectivity index (χ4v) is 0.950. The maximum absolute atomic E-state index is 8.39. The summed E-state index contributed by atoms with van der Waals surface area (Å²) in [5, 5.41) is 9.15. The van der Waals surface area contributed by atoms with Crippen molar-refractivity contribution in [2.24, 2.45) is 5.92 Å². The molecule has 0 aliphatic carbocycles. The van der Waals surface area contributed by atoms with Crippen molar-refractivity contribution in [2.75, 3.05) is 6.61 Å². The molecular formula is C7H13ClO. The van der Waals surface area contributed by atoms with Gasteiger partial charge in [0.25, 0.3) is 0 Å². The molecule has 0 saturated carbocycles. The van der Waals surface area contributed by atoms with Crippen LogP contribution in [0.4, 0.5) is 0 Å². The zero-order valence-corrected chi connectivity index (χ0v) is 6.65. The van der Waals surface area contributed by atoms with E-state index < -0.39 is 0 Å². The molecule has 1 nitrogen and oxygen atoms in total. The van der Waals surface area contributed by atoms with Crippen LogP contribution in [0.15, 0.2) is 11.1 Å². The first-order valence-corrected chi connectivity index (χ1v) is 3.50. The minimum Gasteiger partial charge on any atom is -0.392 e. The van der Waals surface area contributed by atoms with Gasteiger partial charge in [-0.15, -0.1) is 0 Å². The largest absolute Gasteiger partial charge is 0.392 e. The maximum Gasteiger partial charge on any atom is 0.0626 e. The average molecular weight is 149 g/mol. The van der Waals surface area contributed by atoms with Gasteiger partial charge in [-0.25, -0.2) is 0 Å². The molecule has 0 atom stereocenters. The second-order valence-corrected chi connectivity index (χ2v) is 2.92. The highest BCUT2D eigenvalue weighted by Crippen LogP contribution is 2.13. The molecule has 54 valence electrons. The number of aliphatic hydroxyl groups is 1. The maximum atomic E-state index is 8.39. The molecule has 0 spiro atoms. The molecule has 0 saturated heterocycles. The van der Waals surface area contributed by atoms with Crippen LogP contribution in [0.25, 0.3) is 0 Å². The lowest BCUT2D eigenvalue weighted by Gasteiger charge is -2.00. The molecule has 1 N–H and O–H groups in total. The van der Waals surface area contributed by atoms with E-state index >= 15 is 0 Å². The standard InChI is InChI=1S/C7H13ClO/c1-6(2)5-7(8)3-4-9/h3,6,9H,4-5H2,1-2H3. The normalized spacial score (nSPS) is 12.8. The van der Waals surface area contributed by atoms with Gasteiger partial charge in [0.2, 0.25) is 0 Å². The van der Waals surface area contributed by atoms with Crippen LogP contribution >= 0.6 is 11.6 Å². The summed E-state index contributed by atoms with van der Waals surface area (Å²) in [6, 6.07) is 0. The van der Waals surface area contributed by atoms with Crippen LogP contribution in [0.3, 0.4) is 0 Å². The van der Waals surface area contributed by atoms with Crippen LogP contribution in [0, 0.1) is 5.92 Å². The average Bonchev–Trinajstić information content (AvgIpc) is 1.63. The van der Waals surface area contributed by atoms with Crippen LogP contribution in [-0.2, 0) is 0 Å². The van der Waals surface area contributed by atoms with Crippen LogP contribution in [0.5, 0.6) is 0 Å². The van der Waals surface area contributed by atoms with Gasteiger partial charge in [-0.2, -0.15) is 0 Å². The second-order valence-electron chi connectivity index (χ2n) is 2.43. The number of hydrogen-bond acceptors (Lipinski definition) is 1. The van der Waals surface area contributed by atoms with Gasteiger partial charge in [0.05, 0.1) is 6.61 Å². The molecule has 0 aromatic rings. The molecule has 0 heterocycles. The Bertz CT molecular complexity index is 97.1. The van der Waals surface area contributed by atoms with E-state index in [9.17, 15) is 0 Å². The molecule has 0 aliphatic heterocycles. The minimum atomic E-state index is 0.0472. The highest BCUT2D eigenvalue weighted by Gasteiger charge is 1.95. The summed E-state index contributed by atoms with van der Waals surface area (Å²) in [5.41, 5.74) is 0. The number of rotatable bonds is 3. The SMILES string of the molecule is CC(C)CC(Cl)=CCO. The summed E-state index contributed by atoms with van der Waals surface area (Å²) in [4.78, 5) is 0. The topological polar surface area (TPSA) is 20.2 Å². The van der Waals surface area contributed by atoms with Crippen LogP contribution < -0.4 is 0 Å². The predicted octanol–water partition coefficient (Wildman–Crippen LogP) is 2.15. The van der Waals surface area contributed by atoms with Crippen molar-refractivity contribution in [3.8, 4) is 0 Å². The van der Waals surface area contributed by atoms with E-state index in [4.69, 9.17) is 16.7 Å². The summed E-state index contributed by atoms with van der Waals surface area (Å²) < 4.78 is 0. The zero-order chi connectivity index (χ0) is 7.28. The highest BCUT2D eigenvalue weighted by atomic mass is 35.5. The summed E-state index contributed by atoms with van der Waals surface area (Å²) in [6.07, 6.45) is 2.49. The molecule has 9 heavy (non-hydrogen) atoms. The lowest BCUT2D eigenvalue weighted by Crippen LogP contribution is -1.87. The molecule has 0 aromatic heterocycles. The van der Waals surface area contributed by atoms with E-state index in [1.807, 2.05) is 0 Å². The van der Waals surface area contributed by atoms with Crippen molar-refractivity contribution in [1.82, 2.24) is 0 Å². The molecule has 0 fully saturated rings. The van der Waals surface area contributed by atoms with Gasteiger partial charge in [0.1, 0.15) is 0 Å². The highest BCUT2D eigenvalue weighted by molar-refractivity contribution is 6.29. The van der Waals surface area contributed by atoms with Gasteiger partial charge in [-0.3, -0.25) is 0 Å². The number of aliphatic hydroxyl groups excluding tert-OH is 1. The molecule has 0 aliphatic rings. The Balaban J connectivity index is 3.49. The summed E-state index contributed by atoms with van der Waals surface area (Å²) in [6.45, 7) is 4.23. The number of allylic oxidation sites excluding steroid dienone is 1. The number of halogens is 1. The molecule has 2 heteroatoms. The first-order chi connectivity index (χ1) is 4.16. The monoisotopic (exact) mass is 148 g/mol. The molecular weight excluding hydrogens is 136 g/mol. The van der Waals surface area contributed by atoms with Crippen molar-refractivity contribution in [1.29, 1.82) is 0 Å². The summed E-state index contributed by atoms with van der Waals surface area (Å²) in [7, 11) is 0. The van der Waals surface area contributed by atoms with Crippen LogP contribution in [-0.4, -0.2) is 11.7 Å². The Morgan fingerprint density at radius 3 is 2.56 bits per heavy atom. The zero-order valence-electron chi connectivity index (χ0n) is 5.89.